The number of tetrazole rings is 1. The van der Waals surface area contributed by atoms with Crippen molar-refractivity contribution in [1.29, 1.82) is 0 Å². The van der Waals surface area contributed by atoms with Crippen LogP contribution in [0.4, 0.5) is 9.52 Å². The van der Waals surface area contributed by atoms with Crippen LogP contribution in [0.25, 0.3) is 27.4 Å². The zero-order valence-electron chi connectivity index (χ0n) is 20.4. The number of rotatable bonds is 5. The summed E-state index contributed by atoms with van der Waals surface area (Å²) in [6.45, 7) is 1.43. The van der Waals surface area contributed by atoms with E-state index in [-0.39, 0.29) is 33.5 Å². The Morgan fingerprint density at radius 1 is 1.26 bits per heavy atom. The summed E-state index contributed by atoms with van der Waals surface area (Å²) in [4.78, 5) is 38.0. The maximum atomic E-state index is 15.4. The van der Waals surface area contributed by atoms with Gasteiger partial charge < -0.3 is 14.9 Å². The van der Waals surface area contributed by atoms with Gasteiger partial charge in [-0.2, -0.15) is 4.68 Å². The topological polar surface area (TPSA) is 136 Å². The first-order valence-corrected chi connectivity index (χ1v) is 13.3. The van der Waals surface area contributed by atoms with Crippen molar-refractivity contribution in [2.75, 3.05) is 5.32 Å². The van der Waals surface area contributed by atoms with Crippen LogP contribution < -0.4 is 10.9 Å². The summed E-state index contributed by atoms with van der Waals surface area (Å²) in [6.07, 6.45) is 7.28. The zero-order valence-corrected chi connectivity index (χ0v) is 21.9. The highest BCUT2D eigenvalue weighted by Gasteiger charge is 2.54. The van der Waals surface area contributed by atoms with Crippen LogP contribution in [0.15, 0.2) is 47.8 Å². The minimum absolute atomic E-state index is 0.0609. The molecule has 1 aromatic carbocycles. The van der Waals surface area contributed by atoms with Crippen LogP contribution in [-0.4, -0.2) is 45.6 Å². The van der Waals surface area contributed by atoms with Gasteiger partial charge in [-0.25, -0.2) is 14.4 Å². The molecule has 0 radical (unpaired) electrons. The second kappa shape index (κ2) is 8.64. The number of anilines is 1. The Balaban J connectivity index is 1.30. The maximum absolute atomic E-state index is 15.4. The van der Waals surface area contributed by atoms with Gasteiger partial charge in [0.2, 0.25) is 5.91 Å². The smallest absolute Gasteiger partial charge is 0.252 e. The van der Waals surface area contributed by atoms with Gasteiger partial charge in [0.05, 0.1) is 33.5 Å². The van der Waals surface area contributed by atoms with Crippen molar-refractivity contribution in [1.82, 2.24) is 39.7 Å². The van der Waals surface area contributed by atoms with E-state index in [1.54, 1.807) is 23.0 Å². The molecule has 1 saturated carbocycles. The van der Waals surface area contributed by atoms with Crippen LogP contribution in [0.1, 0.15) is 43.7 Å². The van der Waals surface area contributed by atoms with Crippen LogP contribution in [0.5, 0.6) is 0 Å². The number of amides is 1. The number of carbonyl (C=O) groups is 1. The molecular weight excluding hydrogens is 545 g/mol. The van der Waals surface area contributed by atoms with Crippen molar-refractivity contribution in [3.05, 3.63) is 75.7 Å². The molecule has 2 N–H and O–H groups in total. The lowest BCUT2D eigenvalue weighted by molar-refractivity contribution is -0.114. The standard InChI is InChI=1S/C25H19ClFN9O2S/c1-12(37)31-24-29-10-18(39-24)15-9-28-23(32-15)17-8-25(4-5-25)19-6-13(7-20(38)36(17)19)21-16(35-11-30-33-34-35)3-2-14(26)22(21)27/h2-3,6-7,9-11,17H,4-5,8H2,1H3,(H,28,32)(H,29,31,37). The first-order chi connectivity index (χ1) is 18.8. The van der Waals surface area contributed by atoms with E-state index in [1.807, 2.05) is 6.07 Å². The molecule has 1 unspecified atom stereocenters. The Bertz CT molecular complexity index is 1820. The molecule has 0 saturated heterocycles. The third-order valence-electron chi connectivity index (χ3n) is 7.28. The monoisotopic (exact) mass is 563 g/mol. The Morgan fingerprint density at radius 2 is 2.10 bits per heavy atom. The second-order valence-corrected chi connectivity index (χ2v) is 11.2. The predicted molar refractivity (Wildman–Crippen MR) is 141 cm³/mol. The van der Waals surface area contributed by atoms with E-state index in [2.05, 4.69) is 35.8 Å². The van der Waals surface area contributed by atoms with Crippen molar-refractivity contribution in [2.24, 2.45) is 0 Å². The summed E-state index contributed by atoms with van der Waals surface area (Å²) >= 11 is 7.48. The molecule has 1 aliphatic heterocycles. The molecule has 39 heavy (non-hydrogen) atoms. The SMILES string of the molecule is CC(=O)Nc1ncc(-c2cnc(C3CC4(CC4)c4cc(-c5c(-n6cnnn6)ccc(Cl)c5F)cc(=O)n43)[nH]2)s1. The average Bonchev–Trinajstić information content (AvgIpc) is 3.40. The summed E-state index contributed by atoms with van der Waals surface area (Å²) in [5, 5.41) is 14.3. The number of nitrogens with one attached hydrogen (secondary N) is 2. The molecule has 1 aliphatic carbocycles. The number of nitrogens with zero attached hydrogens (tertiary/aromatic N) is 7. The van der Waals surface area contributed by atoms with E-state index < -0.39 is 5.82 Å². The minimum atomic E-state index is -0.646. The van der Waals surface area contributed by atoms with Crippen LogP contribution in [0, 0.1) is 5.82 Å². The molecule has 1 spiro atoms. The molecule has 11 nitrogen and oxygen atoms in total. The lowest BCUT2D eigenvalue weighted by atomic mass is 9.95. The highest BCUT2D eigenvalue weighted by atomic mass is 35.5. The predicted octanol–water partition coefficient (Wildman–Crippen LogP) is 4.11. The fourth-order valence-electron chi connectivity index (χ4n) is 5.37. The van der Waals surface area contributed by atoms with E-state index in [4.69, 9.17) is 11.6 Å². The molecule has 1 amide bonds. The highest BCUT2D eigenvalue weighted by molar-refractivity contribution is 7.19. The van der Waals surface area contributed by atoms with Gasteiger partial charge in [-0.1, -0.05) is 22.9 Å². The lowest BCUT2D eigenvalue weighted by Crippen LogP contribution is -2.24. The van der Waals surface area contributed by atoms with Gasteiger partial charge in [0.25, 0.3) is 5.56 Å². The van der Waals surface area contributed by atoms with Gasteiger partial charge in [-0.05, 0) is 53.5 Å². The quantitative estimate of drug-likeness (QED) is 0.328. The van der Waals surface area contributed by atoms with Crippen molar-refractivity contribution >= 4 is 34.0 Å². The summed E-state index contributed by atoms with van der Waals surface area (Å²) in [5.74, 6) is -0.185. The van der Waals surface area contributed by atoms with Gasteiger partial charge in [0, 0.05) is 35.9 Å². The molecule has 7 rings (SSSR count). The number of benzene rings is 1. The van der Waals surface area contributed by atoms with Crippen molar-refractivity contribution < 1.29 is 9.18 Å². The second-order valence-electron chi connectivity index (χ2n) is 9.74. The molecule has 14 heteroatoms. The van der Waals surface area contributed by atoms with Gasteiger partial charge in [-0.15, -0.1) is 5.10 Å². The largest absolute Gasteiger partial charge is 0.340 e. The first kappa shape index (κ1) is 23.9. The Morgan fingerprint density at radius 3 is 2.85 bits per heavy atom. The third kappa shape index (κ3) is 3.88. The number of H-pyrrole nitrogens is 1. The third-order valence-corrected chi connectivity index (χ3v) is 8.52. The molecule has 4 aromatic heterocycles. The van der Waals surface area contributed by atoms with Gasteiger partial charge >= 0.3 is 0 Å². The average molecular weight is 564 g/mol. The molecule has 5 aromatic rings. The number of halogens is 2. The number of hydrogen-bond donors (Lipinski definition) is 2. The summed E-state index contributed by atoms with van der Waals surface area (Å²) in [5.41, 5.74) is 2.11. The Kier molecular flexibility index (Phi) is 5.29. The molecule has 2 aliphatic rings. The number of pyridine rings is 1. The number of hydrogen-bond acceptors (Lipinski definition) is 8. The van der Waals surface area contributed by atoms with E-state index >= 15 is 4.39 Å². The Labute approximate surface area is 228 Å². The Hall–Kier alpha value is -4.23. The van der Waals surface area contributed by atoms with E-state index in [0.717, 1.165) is 29.1 Å². The summed E-state index contributed by atoms with van der Waals surface area (Å²) < 4.78 is 18.5. The summed E-state index contributed by atoms with van der Waals surface area (Å²) in [6, 6.07) is 6.06. The fraction of sp³-hybridized carbons (Fsp3) is 0.240. The van der Waals surface area contributed by atoms with E-state index in [9.17, 15) is 9.59 Å². The molecule has 5 heterocycles. The number of carbonyl (C=O) groups excluding carboxylic acids is 1. The molecular formula is C25H19ClFN9O2S. The van der Waals surface area contributed by atoms with Crippen LogP contribution >= 0.6 is 22.9 Å². The van der Waals surface area contributed by atoms with Gasteiger partial charge in [0.15, 0.2) is 10.9 Å². The van der Waals surface area contributed by atoms with E-state index in [1.165, 1.54) is 41.4 Å². The number of thiazole rings is 1. The summed E-state index contributed by atoms with van der Waals surface area (Å²) in [7, 11) is 0. The molecule has 1 atom stereocenters. The molecule has 0 bridgehead atoms. The normalized spacial score (nSPS) is 16.9. The van der Waals surface area contributed by atoms with Gasteiger partial charge in [0.1, 0.15) is 12.2 Å². The van der Waals surface area contributed by atoms with Gasteiger partial charge in [-0.3, -0.25) is 9.59 Å². The minimum Gasteiger partial charge on any atom is -0.340 e. The first-order valence-electron chi connectivity index (χ1n) is 12.1. The maximum Gasteiger partial charge on any atom is 0.252 e. The lowest BCUT2D eigenvalue weighted by Gasteiger charge is -2.16. The van der Waals surface area contributed by atoms with Crippen molar-refractivity contribution in [3.63, 3.8) is 0 Å². The zero-order chi connectivity index (χ0) is 26.9. The van der Waals surface area contributed by atoms with Crippen LogP contribution in [-0.2, 0) is 10.2 Å². The van der Waals surface area contributed by atoms with Crippen molar-refractivity contribution in [2.45, 2.75) is 37.6 Å². The number of aromatic nitrogens is 8. The highest BCUT2D eigenvalue weighted by Crippen LogP contribution is 2.58. The number of imidazole rings is 1. The number of aromatic amines is 1. The van der Waals surface area contributed by atoms with Crippen LogP contribution in [0.3, 0.4) is 0 Å². The number of fused-ring (bicyclic) bond motifs is 2. The molecule has 196 valence electrons. The van der Waals surface area contributed by atoms with Crippen molar-refractivity contribution in [3.8, 4) is 27.4 Å². The van der Waals surface area contributed by atoms with Crippen LogP contribution in [0.2, 0.25) is 5.02 Å². The van der Waals surface area contributed by atoms with E-state index in [0.29, 0.717) is 28.6 Å². The fourth-order valence-corrected chi connectivity index (χ4v) is 6.35. The molecule has 1 fully saturated rings.